The molecule has 0 spiro atoms. The van der Waals surface area contributed by atoms with Crippen LogP contribution >= 0.6 is 0 Å². The maximum absolute atomic E-state index is 10.8. The molecule has 0 rings (SSSR count). The highest BCUT2D eigenvalue weighted by molar-refractivity contribution is 5.81. The molecular formula is C6H13N2O2+. The van der Waals surface area contributed by atoms with Gasteiger partial charge in [0.05, 0.1) is 0 Å². The minimum atomic E-state index is -0.269. The van der Waals surface area contributed by atoms with Gasteiger partial charge in [-0.15, -0.1) is 0 Å². The molecule has 0 aliphatic carbocycles. The largest absolute Gasteiger partial charge is 0.343 e. The Kier molecular flexibility index (Phi) is 3.64. The predicted molar refractivity (Wildman–Crippen MR) is 35.7 cm³/mol. The minimum Gasteiger partial charge on any atom is -0.343 e. The van der Waals surface area contributed by atoms with E-state index in [2.05, 4.69) is 11.1 Å². The number of nitrogens with one attached hydrogen (secondary N) is 1. The fourth-order valence-corrected chi connectivity index (χ4v) is 0.390. The second-order valence-corrected chi connectivity index (χ2v) is 2.41. The van der Waals surface area contributed by atoms with Gasteiger partial charge < -0.3 is 5.32 Å². The summed E-state index contributed by atoms with van der Waals surface area (Å²) in [7, 11) is 0. The lowest BCUT2D eigenvalue weighted by Gasteiger charge is -2.02. The van der Waals surface area contributed by atoms with Gasteiger partial charge in [-0.2, -0.15) is 0 Å². The van der Waals surface area contributed by atoms with Gasteiger partial charge in [-0.05, 0) is 0 Å². The van der Waals surface area contributed by atoms with Crippen molar-refractivity contribution < 1.29 is 15.3 Å². The molecule has 0 atom stereocenters. The van der Waals surface area contributed by atoms with Crippen molar-refractivity contribution in [2.45, 2.75) is 13.8 Å². The summed E-state index contributed by atoms with van der Waals surface area (Å²) < 4.78 is 0. The third-order valence-corrected chi connectivity index (χ3v) is 0.984. The predicted octanol–water partition coefficient (Wildman–Crippen LogP) is -1.47. The van der Waals surface area contributed by atoms with Crippen LogP contribution in [-0.4, -0.2) is 18.4 Å². The summed E-state index contributed by atoms with van der Waals surface area (Å²) in [5.74, 6) is -0.453. The van der Waals surface area contributed by atoms with Gasteiger partial charge in [-0.1, -0.05) is 13.8 Å². The van der Waals surface area contributed by atoms with Gasteiger partial charge in [0.1, 0.15) is 6.54 Å². The van der Waals surface area contributed by atoms with Crippen molar-refractivity contribution in [2.24, 2.45) is 5.92 Å². The van der Waals surface area contributed by atoms with Gasteiger partial charge in [0.15, 0.2) is 0 Å². The number of hydrogen-bond acceptors (Lipinski definition) is 2. The highest BCUT2D eigenvalue weighted by Crippen LogP contribution is 1.88. The number of amides is 2. The van der Waals surface area contributed by atoms with Crippen LogP contribution in [0.4, 0.5) is 0 Å². The van der Waals surface area contributed by atoms with Gasteiger partial charge in [0, 0.05) is 5.92 Å². The Morgan fingerprint density at radius 1 is 1.50 bits per heavy atom. The summed E-state index contributed by atoms with van der Waals surface area (Å²) in [6.07, 6.45) is 0. The van der Waals surface area contributed by atoms with Crippen LogP contribution in [0.3, 0.4) is 0 Å². The van der Waals surface area contributed by atoms with E-state index in [0.717, 1.165) is 0 Å². The third kappa shape index (κ3) is 4.03. The normalized spacial score (nSPS) is 9.60. The van der Waals surface area contributed by atoms with E-state index in [1.165, 1.54) is 0 Å². The smallest absolute Gasteiger partial charge is 0.328 e. The summed E-state index contributed by atoms with van der Waals surface area (Å²) in [4.78, 5) is 21.0. The van der Waals surface area contributed by atoms with Crippen molar-refractivity contribution in [1.29, 1.82) is 0 Å². The van der Waals surface area contributed by atoms with Gasteiger partial charge in [0.2, 0.25) is 5.91 Å². The molecule has 2 amide bonds. The standard InChI is InChI=1S/C6H12N2O2/c1-4(2)6(10)8-3-5(7)9/h4H,3H2,1-2H3,(H2,7,9)(H,8,10)/p+1. The lowest BCUT2D eigenvalue weighted by Crippen LogP contribution is -2.61. The monoisotopic (exact) mass is 145 g/mol. The van der Waals surface area contributed by atoms with E-state index in [0.29, 0.717) is 0 Å². The van der Waals surface area contributed by atoms with Crippen LogP contribution in [-0.2, 0) is 9.59 Å². The maximum Gasteiger partial charge on any atom is 0.328 e. The third-order valence-electron chi connectivity index (χ3n) is 0.984. The average molecular weight is 145 g/mol. The van der Waals surface area contributed by atoms with E-state index in [1.807, 2.05) is 0 Å². The molecule has 0 fully saturated rings. The SMILES string of the molecule is CC(C)C(=O)NCC([NH3+])=O. The molecule has 0 aliphatic heterocycles. The number of hydrogen-bond donors (Lipinski definition) is 2. The first-order chi connectivity index (χ1) is 4.54. The van der Waals surface area contributed by atoms with E-state index in [4.69, 9.17) is 0 Å². The van der Waals surface area contributed by atoms with Gasteiger partial charge in [-0.3, -0.25) is 10.5 Å². The van der Waals surface area contributed by atoms with Crippen molar-refractivity contribution in [1.82, 2.24) is 5.32 Å². The molecule has 0 aromatic carbocycles. The molecule has 4 N–H and O–H groups in total. The number of rotatable bonds is 3. The molecule has 0 heterocycles. The molecule has 0 aliphatic rings. The Labute approximate surface area is 59.8 Å². The first-order valence-corrected chi connectivity index (χ1v) is 3.16. The van der Waals surface area contributed by atoms with E-state index in [-0.39, 0.29) is 24.3 Å². The fourth-order valence-electron chi connectivity index (χ4n) is 0.390. The lowest BCUT2D eigenvalue weighted by molar-refractivity contribution is -0.304. The summed E-state index contributed by atoms with van der Waals surface area (Å²) in [5, 5.41) is 2.43. The van der Waals surface area contributed by atoms with Crippen molar-refractivity contribution in [3.8, 4) is 0 Å². The van der Waals surface area contributed by atoms with E-state index in [9.17, 15) is 9.59 Å². The van der Waals surface area contributed by atoms with Gasteiger partial charge >= 0.3 is 5.91 Å². The van der Waals surface area contributed by atoms with Crippen molar-refractivity contribution in [2.75, 3.05) is 6.54 Å². The van der Waals surface area contributed by atoms with Gasteiger partial charge in [0.25, 0.3) is 0 Å². The average Bonchev–Trinajstić information content (AvgIpc) is 1.82. The molecule has 58 valence electrons. The molecule has 0 saturated carbocycles. The molecule has 0 aromatic rings. The molecular weight excluding hydrogens is 132 g/mol. The first kappa shape index (κ1) is 9.10. The van der Waals surface area contributed by atoms with Crippen LogP contribution in [0.2, 0.25) is 0 Å². The maximum atomic E-state index is 10.8. The summed E-state index contributed by atoms with van der Waals surface area (Å²) in [6, 6.07) is 0. The molecule has 0 bridgehead atoms. The quantitative estimate of drug-likeness (QED) is 0.508. The summed E-state index contributed by atoms with van der Waals surface area (Å²) >= 11 is 0. The van der Waals surface area contributed by atoms with Crippen LogP contribution in [0, 0.1) is 5.92 Å². The zero-order chi connectivity index (χ0) is 8.15. The Morgan fingerprint density at radius 2 is 2.00 bits per heavy atom. The number of carbonyl (C=O) groups is 2. The van der Waals surface area contributed by atoms with Crippen LogP contribution in [0.25, 0.3) is 0 Å². The molecule has 0 aromatic heterocycles. The number of quaternary nitrogens is 1. The summed E-state index contributed by atoms with van der Waals surface area (Å²) in [5.41, 5.74) is 3.12. The van der Waals surface area contributed by atoms with Crippen LogP contribution < -0.4 is 11.1 Å². The summed E-state index contributed by atoms with van der Waals surface area (Å²) in [6.45, 7) is 3.57. The molecule has 4 nitrogen and oxygen atoms in total. The lowest BCUT2D eigenvalue weighted by atomic mass is 10.2. The Bertz CT molecular complexity index is 143. The molecule has 0 unspecified atom stereocenters. The van der Waals surface area contributed by atoms with Crippen LogP contribution in [0.5, 0.6) is 0 Å². The fraction of sp³-hybridized carbons (Fsp3) is 0.667. The van der Waals surface area contributed by atoms with Crippen LogP contribution in [0.1, 0.15) is 13.8 Å². The minimum absolute atomic E-state index is 0.0387. The van der Waals surface area contributed by atoms with Crippen molar-refractivity contribution in [3.05, 3.63) is 0 Å². The molecule has 10 heavy (non-hydrogen) atoms. The zero-order valence-electron chi connectivity index (χ0n) is 6.31. The van der Waals surface area contributed by atoms with Crippen LogP contribution in [0.15, 0.2) is 0 Å². The number of carbonyl (C=O) groups excluding carboxylic acids is 2. The Hall–Kier alpha value is -0.900. The van der Waals surface area contributed by atoms with Gasteiger partial charge in [-0.25, -0.2) is 4.79 Å². The topological polar surface area (TPSA) is 73.8 Å². The first-order valence-electron chi connectivity index (χ1n) is 3.16. The highest BCUT2D eigenvalue weighted by Gasteiger charge is 2.07. The Morgan fingerprint density at radius 3 is 2.30 bits per heavy atom. The zero-order valence-corrected chi connectivity index (χ0v) is 6.31. The highest BCUT2D eigenvalue weighted by atomic mass is 16.2. The second kappa shape index (κ2) is 4.00. The van der Waals surface area contributed by atoms with E-state index < -0.39 is 0 Å². The van der Waals surface area contributed by atoms with Crippen molar-refractivity contribution >= 4 is 11.8 Å². The second-order valence-electron chi connectivity index (χ2n) is 2.41. The molecule has 0 saturated heterocycles. The molecule has 0 radical (unpaired) electrons. The van der Waals surface area contributed by atoms with Crippen molar-refractivity contribution in [3.63, 3.8) is 0 Å². The van der Waals surface area contributed by atoms with E-state index in [1.54, 1.807) is 13.8 Å². The Balaban J connectivity index is 3.50. The molecule has 4 heteroatoms. The van der Waals surface area contributed by atoms with E-state index >= 15 is 0 Å².